The molecule has 0 amide bonds. The van der Waals surface area contributed by atoms with Crippen LogP contribution in [0, 0.1) is 17.1 Å². The van der Waals surface area contributed by atoms with Gasteiger partial charge in [0.15, 0.2) is 0 Å². The van der Waals surface area contributed by atoms with Gasteiger partial charge in [-0.3, -0.25) is 4.98 Å². The fourth-order valence-corrected chi connectivity index (χ4v) is 1.99. The molecule has 0 atom stereocenters. The van der Waals surface area contributed by atoms with Crippen molar-refractivity contribution in [1.82, 2.24) is 9.97 Å². The van der Waals surface area contributed by atoms with Gasteiger partial charge in [-0.2, -0.15) is 5.26 Å². The van der Waals surface area contributed by atoms with Crippen LogP contribution in [0.4, 0.5) is 10.1 Å². The summed E-state index contributed by atoms with van der Waals surface area (Å²) in [5, 5.41) is 11.7. The summed E-state index contributed by atoms with van der Waals surface area (Å²) >= 11 is 0. The number of rotatable bonds is 3. The molecule has 1 N–H and O–H groups in total. The summed E-state index contributed by atoms with van der Waals surface area (Å²) in [4.78, 5) is 8.76. The zero-order valence-electron chi connectivity index (χ0n) is 11.0. The molecule has 5 heteroatoms. The van der Waals surface area contributed by atoms with Gasteiger partial charge in [-0.1, -0.05) is 12.1 Å². The van der Waals surface area contributed by atoms with E-state index in [9.17, 15) is 4.39 Å². The highest BCUT2D eigenvalue weighted by atomic mass is 19.1. The van der Waals surface area contributed by atoms with E-state index in [4.69, 9.17) is 5.26 Å². The molecular formula is C16H11FN4. The van der Waals surface area contributed by atoms with Crippen LogP contribution < -0.4 is 5.32 Å². The van der Waals surface area contributed by atoms with Crippen molar-refractivity contribution in [3.63, 3.8) is 0 Å². The molecule has 0 aliphatic heterocycles. The van der Waals surface area contributed by atoms with Gasteiger partial charge in [-0.15, -0.1) is 0 Å². The molecule has 1 heterocycles. The number of nitriles is 1. The summed E-state index contributed by atoms with van der Waals surface area (Å²) < 4.78 is 13.7. The van der Waals surface area contributed by atoms with E-state index in [2.05, 4.69) is 15.3 Å². The first-order valence-corrected chi connectivity index (χ1v) is 6.40. The fourth-order valence-electron chi connectivity index (χ4n) is 1.99. The Kier molecular flexibility index (Phi) is 3.44. The van der Waals surface area contributed by atoms with Gasteiger partial charge in [-0.05, 0) is 30.3 Å². The minimum absolute atomic E-state index is 0.295. The van der Waals surface area contributed by atoms with E-state index in [0.29, 0.717) is 17.8 Å². The topological polar surface area (TPSA) is 61.6 Å². The third-order valence-corrected chi connectivity index (χ3v) is 3.06. The number of fused-ring (bicyclic) bond motifs is 1. The molecule has 0 unspecified atom stereocenters. The number of halogens is 1. The van der Waals surface area contributed by atoms with Crippen molar-refractivity contribution in [2.75, 3.05) is 5.32 Å². The zero-order chi connectivity index (χ0) is 14.7. The number of benzene rings is 2. The Morgan fingerprint density at radius 1 is 1.14 bits per heavy atom. The number of para-hydroxylation sites is 2. The van der Waals surface area contributed by atoms with E-state index in [1.54, 1.807) is 18.3 Å². The van der Waals surface area contributed by atoms with Crippen LogP contribution in [0.2, 0.25) is 0 Å². The monoisotopic (exact) mass is 278 g/mol. The van der Waals surface area contributed by atoms with Crippen LogP contribution in [0.25, 0.3) is 11.0 Å². The average Bonchev–Trinajstić information content (AvgIpc) is 2.53. The van der Waals surface area contributed by atoms with Crippen LogP contribution in [0.5, 0.6) is 0 Å². The van der Waals surface area contributed by atoms with Crippen molar-refractivity contribution in [3.8, 4) is 6.07 Å². The third-order valence-electron chi connectivity index (χ3n) is 3.06. The van der Waals surface area contributed by atoms with Crippen LogP contribution in [-0.4, -0.2) is 9.97 Å². The minimum Gasteiger partial charge on any atom is -0.377 e. The van der Waals surface area contributed by atoms with Gasteiger partial charge >= 0.3 is 0 Å². The average molecular weight is 278 g/mol. The lowest BCUT2D eigenvalue weighted by Gasteiger charge is -2.07. The second-order valence-corrected chi connectivity index (χ2v) is 4.51. The zero-order valence-corrected chi connectivity index (χ0v) is 11.0. The van der Waals surface area contributed by atoms with Gasteiger partial charge in [-0.25, -0.2) is 9.37 Å². The predicted molar refractivity (Wildman–Crippen MR) is 78.0 cm³/mol. The largest absolute Gasteiger partial charge is 0.377 e. The molecule has 21 heavy (non-hydrogen) atoms. The highest BCUT2D eigenvalue weighted by molar-refractivity contribution is 5.73. The highest BCUT2D eigenvalue weighted by Gasteiger charge is 2.04. The molecule has 102 valence electrons. The summed E-state index contributed by atoms with van der Waals surface area (Å²) in [6, 6.07) is 13.8. The Morgan fingerprint density at radius 3 is 2.71 bits per heavy atom. The SMILES string of the molecule is N#Cc1ccc(NCc2cnc3ccccc3n2)c(F)c1. The third kappa shape index (κ3) is 2.79. The molecule has 1 aromatic heterocycles. The number of hydrogen-bond donors (Lipinski definition) is 1. The predicted octanol–water partition coefficient (Wildman–Crippen LogP) is 3.25. The van der Waals surface area contributed by atoms with Crippen molar-refractivity contribution < 1.29 is 4.39 Å². The van der Waals surface area contributed by atoms with Crippen molar-refractivity contribution in [3.05, 3.63) is 65.7 Å². The normalized spacial score (nSPS) is 10.3. The molecule has 0 saturated carbocycles. The van der Waals surface area contributed by atoms with E-state index in [-0.39, 0.29) is 0 Å². The molecular weight excluding hydrogens is 267 g/mol. The van der Waals surface area contributed by atoms with Crippen LogP contribution in [0.15, 0.2) is 48.7 Å². The maximum Gasteiger partial charge on any atom is 0.147 e. The Balaban J connectivity index is 1.78. The molecule has 4 nitrogen and oxygen atoms in total. The Bertz CT molecular complexity index is 839. The highest BCUT2D eigenvalue weighted by Crippen LogP contribution is 2.16. The Labute approximate surface area is 120 Å². The van der Waals surface area contributed by atoms with Gasteiger partial charge in [0.25, 0.3) is 0 Å². The molecule has 0 saturated heterocycles. The second-order valence-electron chi connectivity index (χ2n) is 4.51. The van der Waals surface area contributed by atoms with E-state index in [0.717, 1.165) is 16.7 Å². The van der Waals surface area contributed by atoms with E-state index >= 15 is 0 Å². The Hall–Kier alpha value is -3.00. The molecule has 3 aromatic rings. The lowest BCUT2D eigenvalue weighted by molar-refractivity contribution is 0.629. The first kappa shape index (κ1) is 13.0. The van der Waals surface area contributed by atoms with Crippen molar-refractivity contribution in [1.29, 1.82) is 5.26 Å². The van der Waals surface area contributed by atoms with Crippen LogP contribution >= 0.6 is 0 Å². The minimum atomic E-state index is -0.456. The summed E-state index contributed by atoms with van der Waals surface area (Å²) in [6.45, 7) is 0.362. The fraction of sp³-hybridized carbons (Fsp3) is 0.0625. The van der Waals surface area contributed by atoms with Crippen LogP contribution in [-0.2, 0) is 6.54 Å². The van der Waals surface area contributed by atoms with Crippen molar-refractivity contribution in [2.45, 2.75) is 6.54 Å². The van der Waals surface area contributed by atoms with Gasteiger partial charge in [0, 0.05) is 0 Å². The number of hydrogen-bond acceptors (Lipinski definition) is 4. The van der Waals surface area contributed by atoms with Gasteiger partial charge in [0.1, 0.15) is 5.82 Å². The summed E-state index contributed by atoms with van der Waals surface area (Å²) in [6.07, 6.45) is 1.66. The number of nitrogens with zero attached hydrogens (tertiary/aromatic N) is 3. The van der Waals surface area contributed by atoms with E-state index in [1.165, 1.54) is 6.07 Å². The summed E-state index contributed by atoms with van der Waals surface area (Å²) in [7, 11) is 0. The summed E-state index contributed by atoms with van der Waals surface area (Å²) in [5.41, 5.74) is 2.98. The lowest BCUT2D eigenvalue weighted by atomic mass is 10.2. The summed E-state index contributed by atoms with van der Waals surface area (Å²) in [5.74, 6) is -0.456. The maximum atomic E-state index is 13.7. The molecule has 2 aromatic carbocycles. The molecule has 0 aliphatic carbocycles. The molecule has 0 fully saturated rings. The Morgan fingerprint density at radius 2 is 1.95 bits per heavy atom. The van der Waals surface area contributed by atoms with Crippen LogP contribution in [0.3, 0.4) is 0 Å². The second kappa shape index (κ2) is 5.55. The standard InChI is InChI=1S/C16H11FN4/c17-13-7-11(8-18)5-6-14(13)19-9-12-10-20-15-3-1-2-4-16(15)21-12/h1-7,10,19H,9H2. The first-order valence-electron chi connectivity index (χ1n) is 6.40. The molecule has 0 radical (unpaired) electrons. The molecule has 0 bridgehead atoms. The van der Waals surface area contributed by atoms with E-state index in [1.807, 2.05) is 30.3 Å². The number of nitrogens with one attached hydrogen (secondary N) is 1. The van der Waals surface area contributed by atoms with Crippen molar-refractivity contribution >= 4 is 16.7 Å². The maximum absolute atomic E-state index is 13.7. The van der Waals surface area contributed by atoms with Gasteiger partial charge in [0.2, 0.25) is 0 Å². The number of aromatic nitrogens is 2. The first-order chi connectivity index (χ1) is 10.3. The van der Waals surface area contributed by atoms with E-state index < -0.39 is 5.82 Å². The number of anilines is 1. The molecule has 0 aliphatic rings. The van der Waals surface area contributed by atoms with Crippen LogP contribution in [0.1, 0.15) is 11.3 Å². The van der Waals surface area contributed by atoms with Gasteiger partial charge < -0.3 is 5.32 Å². The lowest BCUT2D eigenvalue weighted by Crippen LogP contribution is -2.04. The molecule has 0 spiro atoms. The van der Waals surface area contributed by atoms with Gasteiger partial charge in [0.05, 0.1) is 46.8 Å². The molecule has 3 rings (SSSR count). The smallest absolute Gasteiger partial charge is 0.147 e. The van der Waals surface area contributed by atoms with Crippen molar-refractivity contribution in [2.24, 2.45) is 0 Å². The quantitative estimate of drug-likeness (QED) is 0.798.